The molecule has 2 heterocycles. The van der Waals surface area contributed by atoms with Crippen LogP contribution in [0.5, 0.6) is 0 Å². The molecule has 1 unspecified atom stereocenters. The zero-order valence-electron chi connectivity index (χ0n) is 14.1. The lowest BCUT2D eigenvalue weighted by molar-refractivity contribution is -0.130. The molecule has 0 aromatic heterocycles. The van der Waals surface area contributed by atoms with Crippen molar-refractivity contribution in [2.45, 2.75) is 31.7 Å². The van der Waals surface area contributed by atoms with Crippen LogP contribution in [-0.4, -0.2) is 51.4 Å². The van der Waals surface area contributed by atoms with E-state index in [9.17, 15) is 9.59 Å². The number of imide groups is 1. The lowest BCUT2D eigenvalue weighted by Crippen LogP contribution is -2.52. The SMILES string of the molecule is O=C1CC(c2ccccc2)NC(=O)N1CCSC(=S)N1CCCCC1. The first kappa shape index (κ1) is 18.2. The van der Waals surface area contributed by atoms with E-state index in [1.165, 1.54) is 24.2 Å². The van der Waals surface area contributed by atoms with Crippen LogP contribution in [0.4, 0.5) is 4.79 Å². The summed E-state index contributed by atoms with van der Waals surface area (Å²) in [5.74, 6) is 0.520. The molecule has 0 radical (unpaired) electrons. The third-order valence-electron chi connectivity index (χ3n) is 4.58. The minimum Gasteiger partial charge on any atom is -0.358 e. The molecule has 0 spiro atoms. The first-order chi connectivity index (χ1) is 12.1. The highest BCUT2D eigenvalue weighted by Crippen LogP contribution is 2.23. The molecular weight excluding hydrogens is 354 g/mol. The predicted molar refractivity (Wildman–Crippen MR) is 105 cm³/mol. The van der Waals surface area contributed by atoms with Crippen molar-refractivity contribution < 1.29 is 9.59 Å². The molecule has 7 heteroatoms. The van der Waals surface area contributed by atoms with Crippen molar-refractivity contribution in [3.8, 4) is 0 Å². The minimum atomic E-state index is -0.311. The fourth-order valence-corrected chi connectivity index (χ4v) is 4.43. The molecule has 2 saturated heterocycles. The van der Waals surface area contributed by atoms with Gasteiger partial charge in [0.2, 0.25) is 5.91 Å². The Kier molecular flexibility index (Phi) is 6.31. The average molecular weight is 378 g/mol. The van der Waals surface area contributed by atoms with Crippen LogP contribution in [0.1, 0.15) is 37.3 Å². The third-order valence-corrected chi connectivity index (χ3v) is 6.08. The summed E-state index contributed by atoms with van der Waals surface area (Å²) in [7, 11) is 0. The number of piperidine rings is 1. The molecule has 1 atom stereocenters. The van der Waals surface area contributed by atoms with Gasteiger partial charge >= 0.3 is 6.03 Å². The largest absolute Gasteiger partial charge is 0.358 e. The maximum atomic E-state index is 12.4. The van der Waals surface area contributed by atoms with Gasteiger partial charge in [-0.2, -0.15) is 0 Å². The predicted octanol–water partition coefficient (Wildman–Crippen LogP) is 3.17. The summed E-state index contributed by atoms with van der Waals surface area (Å²) in [5, 5.41) is 2.93. The number of hydrogen-bond donors (Lipinski definition) is 1. The quantitative estimate of drug-likeness (QED) is 0.817. The van der Waals surface area contributed by atoms with Gasteiger partial charge in [-0.3, -0.25) is 9.69 Å². The first-order valence-electron chi connectivity index (χ1n) is 8.72. The summed E-state index contributed by atoms with van der Waals surface area (Å²) in [4.78, 5) is 28.2. The van der Waals surface area contributed by atoms with Gasteiger partial charge in [-0.05, 0) is 24.8 Å². The van der Waals surface area contributed by atoms with E-state index in [0.29, 0.717) is 18.7 Å². The van der Waals surface area contributed by atoms with Crippen LogP contribution in [0.3, 0.4) is 0 Å². The zero-order valence-corrected chi connectivity index (χ0v) is 15.8. The summed E-state index contributed by atoms with van der Waals surface area (Å²) in [6, 6.07) is 9.06. The van der Waals surface area contributed by atoms with Crippen LogP contribution in [0, 0.1) is 0 Å². The Labute approximate surface area is 158 Å². The van der Waals surface area contributed by atoms with Crippen molar-refractivity contribution in [1.29, 1.82) is 0 Å². The van der Waals surface area contributed by atoms with E-state index >= 15 is 0 Å². The molecule has 2 aliphatic rings. The molecule has 2 fully saturated rings. The van der Waals surface area contributed by atoms with Crippen molar-refractivity contribution in [2.24, 2.45) is 0 Å². The van der Waals surface area contributed by atoms with E-state index in [1.807, 2.05) is 30.3 Å². The van der Waals surface area contributed by atoms with Gasteiger partial charge in [-0.25, -0.2) is 4.79 Å². The summed E-state index contributed by atoms with van der Waals surface area (Å²) in [5.41, 5.74) is 0.963. The second kappa shape index (κ2) is 8.67. The summed E-state index contributed by atoms with van der Waals surface area (Å²) < 4.78 is 0.881. The van der Waals surface area contributed by atoms with Crippen molar-refractivity contribution in [1.82, 2.24) is 15.1 Å². The summed E-state index contributed by atoms with van der Waals surface area (Å²) in [6.07, 6.45) is 3.95. The molecule has 3 rings (SSSR count). The van der Waals surface area contributed by atoms with Crippen LogP contribution >= 0.6 is 24.0 Å². The van der Waals surface area contributed by atoms with Gasteiger partial charge in [-0.15, -0.1) is 0 Å². The number of amides is 3. The second-order valence-corrected chi connectivity index (χ2v) is 8.05. The highest BCUT2D eigenvalue weighted by atomic mass is 32.2. The van der Waals surface area contributed by atoms with Gasteiger partial charge < -0.3 is 10.2 Å². The maximum Gasteiger partial charge on any atom is 0.324 e. The number of benzene rings is 1. The van der Waals surface area contributed by atoms with Crippen LogP contribution in [0.25, 0.3) is 0 Å². The topological polar surface area (TPSA) is 52.7 Å². The molecule has 1 N–H and O–H groups in total. The molecule has 1 aromatic carbocycles. The Morgan fingerprint density at radius 1 is 1.16 bits per heavy atom. The molecule has 0 bridgehead atoms. The van der Waals surface area contributed by atoms with Crippen molar-refractivity contribution in [2.75, 3.05) is 25.4 Å². The van der Waals surface area contributed by atoms with E-state index in [4.69, 9.17) is 12.2 Å². The van der Waals surface area contributed by atoms with Crippen LogP contribution in [0.15, 0.2) is 30.3 Å². The molecule has 0 aliphatic carbocycles. The molecule has 134 valence electrons. The number of nitrogens with zero attached hydrogens (tertiary/aromatic N) is 2. The zero-order chi connectivity index (χ0) is 17.6. The number of likely N-dealkylation sites (tertiary alicyclic amines) is 1. The molecule has 1 aromatic rings. The average Bonchev–Trinajstić information content (AvgIpc) is 2.65. The van der Waals surface area contributed by atoms with Crippen molar-refractivity contribution >= 4 is 40.2 Å². The van der Waals surface area contributed by atoms with E-state index < -0.39 is 0 Å². The van der Waals surface area contributed by atoms with E-state index in [-0.39, 0.29) is 18.0 Å². The van der Waals surface area contributed by atoms with Gasteiger partial charge in [0.25, 0.3) is 0 Å². The molecule has 2 aliphatic heterocycles. The Bertz CT molecular complexity index is 614. The van der Waals surface area contributed by atoms with Crippen molar-refractivity contribution in [3.05, 3.63) is 35.9 Å². The number of carbonyl (C=O) groups excluding carboxylic acids is 2. The summed E-state index contributed by atoms with van der Waals surface area (Å²) in [6.45, 7) is 2.44. The number of hydrogen-bond acceptors (Lipinski definition) is 4. The molecule has 3 amide bonds. The standard InChI is InChI=1S/C18H23N3O2S2/c22-16-13-15(14-7-3-1-4-8-14)19-17(23)21(16)11-12-25-18(24)20-9-5-2-6-10-20/h1,3-4,7-8,15H,2,5-6,9-13H2,(H,19,23). The smallest absolute Gasteiger partial charge is 0.324 e. The fraction of sp³-hybridized carbons (Fsp3) is 0.500. The van der Waals surface area contributed by atoms with Gasteiger partial charge in [0.1, 0.15) is 4.32 Å². The van der Waals surface area contributed by atoms with Crippen LogP contribution in [0.2, 0.25) is 0 Å². The molecule has 0 saturated carbocycles. The van der Waals surface area contributed by atoms with Gasteiger partial charge in [0.15, 0.2) is 0 Å². The number of nitrogens with one attached hydrogen (secondary N) is 1. The Hall–Kier alpha value is -1.60. The second-order valence-electron chi connectivity index (χ2n) is 6.32. The third kappa shape index (κ3) is 4.73. The van der Waals surface area contributed by atoms with E-state index in [1.54, 1.807) is 11.8 Å². The van der Waals surface area contributed by atoms with Crippen molar-refractivity contribution in [3.63, 3.8) is 0 Å². The number of carbonyl (C=O) groups is 2. The first-order valence-corrected chi connectivity index (χ1v) is 10.1. The van der Waals surface area contributed by atoms with Gasteiger partial charge in [0, 0.05) is 25.4 Å². The number of thiocarbonyl (C=S) groups is 1. The minimum absolute atomic E-state index is 0.123. The van der Waals surface area contributed by atoms with Crippen LogP contribution < -0.4 is 5.32 Å². The van der Waals surface area contributed by atoms with Crippen LogP contribution in [-0.2, 0) is 4.79 Å². The number of urea groups is 1. The van der Waals surface area contributed by atoms with Gasteiger partial charge in [-0.1, -0.05) is 54.3 Å². The molecule has 25 heavy (non-hydrogen) atoms. The Morgan fingerprint density at radius 2 is 1.88 bits per heavy atom. The highest BCUT2D eigenvalue weighted by molar-refractivity contribution is 8.22. The number of thioether (sulfide) groups is 1. The van der Waals surface area contributed by atoms with Gasteiger partial charge in [0.05, 0.1) is 12.5 Å². The maximum absolute atomic E-state index is 12.4. The summed E-state index contributed by atoms with van der Waals surface area (Å²) >= 11 is 7.03. The van der Waals surface area contributed by atoms with E-state index in [0.717, 1.165) is 23.0 Å². The Balaban J connectivity index is 1.48. The monoisotopic (exact) mass is 377 g/mol. The Morgan fingerprint density at radius 3 is 2.56 bits per heavy atom. The molecule has 5 nitrogen and oxygen atoms in total. The lowest BCUT2D eigenvalue weighted by Gasteiger charge is -2.32. The number of rotatable bonds is 4. The molecular formula is C18H23N3O2S2. The lowest BCUT2D eigenvalue weighted by atomic mass is 10.0. The fourth-order valence-electron chi connectivity index (χ4n) is 3.18. The highest BCUT2D eigenvalue weighted by Gasteiger charge is 2.32. The van der Waals surface area contributed by atoms with E-state index in [2.05, 4.69) is 10.2 Å². The normalized spacial score (nSPS) is 21.2.